The highest BCUT2D eigenvalue weighted by atomic mass is 16.4. The highest BCUT2D eigenvalue weighted by Gasteiger charge is 2.17. The normalized spacial score (nSPS) is 17.2. The van der Waals surface area contributed by atoms with Crippen LogP contribution in [-0.2, 0) is 19.4 Å². The third-order valence-electron chi connectivity index (χ3n) is 4.14. The van der Waals surface area contributed by atoms with Gasteiger partial charge in [-0.25, -0.2) is 4.79 Å². The minimum atomic E-state index is -0.876. The Morgan fingerprint density at radius 2 is 1.81 bits per heavy atom. The highest BCUT2D eigenvalue weighted by molar-refractivity contribution is 5.87. The van der Waals surface area contributed by atoms with Gasteiger partial charge in [0.1, 0.15) is 0 Å². The zero-order valence-electron chi connectivity index (χ0n) is 11.9. The van der Waals surface area contributed by atoms with E-state index in [-0.39, 0.29) is 0 Å². The number of fused-ring (bicyclic) bond motifs is 1. The van der Waals surface area contributed by atoms with E-state index in [4.69, 9.17) is 5.11 Å². The van der Waals surface area contributed by atoms with Crippen molar-refractivity contribution in [3.8, 4) is 0 Å². The number of benzene rings is 2. The minimum absolute atomic E-state index is 0.338. The summed E-state index contributed by atoms with van der Waals surface area (Å²) < 4.78 is 0. The number of rotatable bonds is 4. The average Bonchev–Trinajstić information content (AvgIpc) is 2.53. The van der Waals surface area contributed by atoms with Gasteiger partial charge in [-0.2, -0.15) is 0 Å². The molecule has 0 bridgehead atoms. The van der Waals surface area contributed by atoms with Gasteiger partial charge in [-0.05, 0) is 48.1 Å². The maximum absolute atomic E-state index is 10.8. The predicted octanol–water partition coefficient (Wildman–Crippen LogP) is 3.03. The Labute approximate surface area is 124 Å². The van der Waals surface area contributed by atoms with Gasteiger partial charge < -0.3 is 10.4 Å². The molecule has 2 aromatic rings. The first kappa shape index (κ1) is 13.8. The lowest BCUT2D eigenvalue weighted by Gasteiger charge is -2.25. The Bertz CT molecular complexity index is 634. The van der Waals surface area contributed by atoms with E-state index in [1.54, 1.807) is 12.1 Å². The van der Waals surface area contributed by atoms with Crippen LogP contribution in [0.4, 0.5) is 0 Å². The first-order valence-electron chi connectivity index (χ1n) is 7.35. The van der Waals surface area contributed by atoms with Crippen molar-refractivity contribution in [3.05, 3.63) is 70.8 Å². The molecule has 3 nitrogen and oxygen atoms in total. The van der Waals surface area contributed by atoms with Crippen LogP contribution in [-0.4, -0.2) is 17.1 Å². The number of hydrogen-bond donors (Lipinski definition) is 2. The molecular weight excluding hydrogens is 262 g/mol. The number of hydrogen-bond acceptors (Lipinski definition) is 2. The van der Waals surface area contributed by atoms with Crippen LogP contribution in [0.1, 0.15) is 33.5 Å². The van der Waals surface area contributed by atoms with Crippen molar-refractivity contribution in [2.24, 2.45) is 0 Å². The van der Waals surface area contributed by atoms with Crippen LogP contribution < -0.4 is 5.32 Å². The van der Waals surface area contributed by atoms with Gasteiger partial charge in [-0.15, -0.1) is 0 Å². The molecule has 0 spiro atoms. The minimum Gasteiger partial charge on any atom is -0.478 e. The maximum Gasteiger partial charge on any atom is 0.335 e. The molecule has 108 valence electrons. The van der Waals surface area contributed by atoms with E-state index in [2.05, 4.69) is 29.6 Å². The number of carboxylic acid groups (broad SMARTS) is 1. The first-order chi connectivity index (χ1) is 10.2. The predicted molar refractivity (Wildman–Crippen MR) is 82.5 cm³/mol. The van der Waals surface area contributed by atoms with E-state index in [0.717, 1.165) is 31.4 Å². The summed E-state index contributed by atoms with van der Waals surface area (Å²) in [7, 11) is 0. The van der Waals surface area contributed by atoms with Gasteiger partial charge in [-0.3, -0.25) is 0 Å². The number of aryl methyl sites for hydroxylation is 1. The Morgan fingerprint density at radius 1 is 1.10 bits per heavy atom. The van der Waals surface area contributed by atoms with E-state index in [1.807, 2.05) is 12.1 Å². The summed E-state index contributed by atoms with van der Waals surface area (Å²) in [6, 6.07) is 16.2. The van der Waals surface area contributed by atoms with E-state index in [9.17, 15) is 4.79 Å². The Kier molecular flexibility index (Phi) is 4.02. The molecule has 0 amide bonds. The lowest BCUT2D eigenvalue weighted by atomic mass is 9.88. The van der Waals surface area contributed by atoms with Crippen LogP contribution in [0, 0.1) is 0 Å². The summed E-state index contributed by atoms with van der Waals surface area (Å²) in [6.07, 6.45) is 3.36. The molecule has 0 heterocycles. The summed E-state index contributed by atoms with van der Waals surface area (Å²) in [6.45, 7) is 0.784. The van der Waals surface area contributed by atoms with Crippen molar-refractivity contribution in [1.82, 2.24) is 5.32 Å². The molecule has 21 heavy (non-hydrogen) atoms. The summed E-state index contributed by atoms with van der Waals surface area (Å²) in [5.74, 6) is -0.876. The third kappa shape index (κ3) is 3.31. The number of carboxylic acids is 1. The van der Waals surface area contributed by atoms with E-state index < -0.39 is 5.97 Å². The van der Waals surface area contributed by atoms with Crippen molar-refractivity contribution in [1.29, 1.82) is 0 Å². The number of aromatic carboxylic acids is 1. The van der Waals surface area contributed by atoms with Crippen LogP contribution in [0.3, 0.4) is 0 Å². The molecule has 3 heteroatoms. The monoisotopic (exact) mass is 281 g/mol. The number of carbonyl (C=O) groups is 1. The molecule has 0 aromatic heterocycles. The second-order valence-electron chi connectivity index (χ2n) is 5.59. The van der Waals surface area contributed by atoms with Crippen molar-refractivity contribution in [3.63, 3.8) is 0 Å². The molecule has 0 saturated carbocycles. The fourth-order valence-electron chi connectivity index (χ4n) is 2.90. The van der Waals surface area contributed by atoms with Gasteiger partial charge in [0.2, 0.25) is 0 Å². The van der Waals surface area contributed by atoms with Crippen molar-refractivity contribution in [2.75, 3.05) is 0 Å². The largest absolute Gasteiger partial charge is 0.478 e. The van der Waals surface area contributed by atoms with Crippen molar-refractivity contribution in [2.45, 2.75) is 31.8 Å². The summed E-state index contributed by atoms with van der Waals surface area (Å²) in [4.78, 5) is 10.8. The fourth-order valence-corrected chi connectivity index (χ4v) is 2.90. The second-order valence-corrected chi connectivity index (χ2v) is 5.59. The Morgan fingerprint density at radius 3 is 2.52 bits per heavy atom. The fraction of sp³-hybridized carbons (Fsp3) is 0.278. The van der Waals surface area contributed by atoms with Crippen LogP contribution in [0.25, 0.3) is 0 Å². The zero-order valence-corrected chi connectivity index (χ0v) is 11.9. The molecule has 2 N–H and O–H groups in total. The maximum atomic E-state index is 10.8. The van der Waals surface area contributed by atoms with Gasteiger partial charge in [0.15, 0.2) is 0 Å². The van der Waals surface area contributed by atoms with Crippen LogP contribution >= 0.6 is 0 Å². The molecule has 1 atom stereocenters. The molecule has 1 aliphatic carbocycles. The molecule has 0 saturated heterocycles. The SMILES string of the molecule is O=C(O)c1ccc(CNC2CCc3ccccc3C2)cc1. The van der Waals surface area contributed by atoms with E-state index >= 15 is 0 Å². The molecule has 0 radical (unpaired) electrons. The summed E-state index contributed by atoms with van der Waals surface area (Å²) >= 11 is 0. The zero-order chi connectivity index (χ0) is 14.7. The van der Waals surface area contributed by atoms with Crippen LogP contribution in [0.2, 0.25) is 0 Å². The van der Waals surface area contributed by atoms with Crippen molar-refractivity contribution < 1.29 is 9.90 Å². The first-order valence-corrected chi connectivity index (χ1v) is 7.35. The van der Waals surface area contributed by atoms with Gasteiger partial charge in [-0.1, -0.05) is 36.4 Å². The smallest absolute Gasteiger partial charge is 0.335 e. The molecule has 0 fully saturated rings. The number of nitrogens with one attached hydrogen (secondary N) is 1. The molecular formula is C18H19NO2. The molecule has 1 aliphatic rings. The van der Waals surface area contributed by atoms with E-state index in [1.165, 1.54) is 11.1 Å². The lowest BCUT2D eigenvalue weighted by molar-refractivity contribution is 0.0697. The molecule has 1 unspecified atom stereocenters. The van der Waals surface area contributed by atoms with E-state index in [0.29, 0.717) is 11.6 Å². The molecule has 3 rings (SSSR count). The van der Waals surface area contributed by atoms with Gasteiger partial charge in [0, 0.05) is 12.6 Å². The average molecular weight is 281 g/mol. The van der Waals surface area contributed by atoms with Crippen LogP contribution in [0.5, 0.6) is 0 Å². The highest BCUT2D eigenvalue weighted by Crippen LogP contribution is 2.21. The van der Waals surface area contributed by atoms with Crippen molar-refractivity contribution >= 4 is 5.97 Å². The quantitative estimate of drug-likeness (QED) is 0.905. The Balaban J connectivity index is 1.57. The summed E-state index contributed by atoms with van der Waals surface area (Å²) in [5, 5.41) is 12.5. The second kappa shape index (κ2) is 6.10. The van der Waals surface area contributed by atoms with Crippen LogP contribution in [0.15, 0.2) is 48.5 Å². The summed E-state index contributed by atoms with van der Waals surface area (Å²) in [5.41, 5.74) is 4.38. The molecule has 0 aliphatic heterocycles. The topological polar surface area (TPSA) is 49.3 Å². The standard InChI is InChI=1S/C18H19NO2/c20-18(21)15-7-5-13(6-8-15)12-19-17-10-9-14-3-1-2-4-16(14)11-17/h1-8,17,19H,9-12H2,(H,20,21). The molecule has 2 aromatic carbocycles. The Hall–Kier alpha value is -2.13. The third-order valence-corrected chi connectivity index (χ3v) is 4.14. The lowest BCUT2D eigenvalue weighted by Crippen LogP contribution is -2.34. The van der Waals surface area contributed by atoms with Gasteiger partial charge in [0.25, 0.3) is 0 Å². The van der Waals surface area contributed by atoms with Gasteiger partial charge in [0.05, 0.1) is 5.56 Å². The van der Waals surface area contributed by atoms with Gasteiger partial charge >= 0.3 is 5.97 Å².